The third-order valence-electron chi connectivity index (χ3n) is 3.23. The first-order chi connectivity index (χ1) is 12.1. The Morgan fingerprint density at radius 2 is 1.27 bits per heavy atom. The Kier molecular flexibility index (Phi) is 12.6. The van der Waals surface area contributed by atoms with Crippen LogP contribution in [0.4, 0.5) is 0 Å². The third-order valence-corrected chi connectivity index (χ3v) is 4.49. The molecule has 0 saturated heterocycles. The Hall–Kier alpha value is -1.10. The molecule has 1 N–H and O–H groups in total. The van der Waals surface area contributed by atoms with Crippen LogP contribution in [0.3, 0.4) is 0 Å². The van der Waals surface area contributed by atoms with E-state index >= 15 is 0 Å². The minimum absolute atomic E-state index is 0.195. The summed E-state index contributed by atoms with van der Waals surface area (Å²) >= 11 is 8.15. The molecule has 0 radical (unpaired) electrons. The Morgan fingerprint density at radius 3 is 1.69 bits per heavy atom. The average Bonchev–Trinajstić information content (AvgIpc) is 2.58. The van der Waals surface area contributed by atoms with Gasteiger partial charge >= 0.3 is 17.9 Å². The molecule has 4 atom stereocenters. The van der Waals surface area contributed by atoms with Crippen molar-refractivity contribution >= 4 is 49.1 Å². The molecule has 0 bridgehead atoms. The fourth-order valence-electron chi connectivity index (χ4n) is 1.76. The normalized spacial score (nSPS) is 15.5. The summed E-state index contributed by atoms with van der Waals surface area (Å²) in [7, 11) is 0. The summed E-state index contributed by atoms with van der Waals surface area (Å²) in [5, 5.41) is 5.84. The molecule has 0 spiro atoms. The van der Waals surface area contributed by atoms with E-state index < -0.39 is 46.5 Å². The number of hydrogen-bond acceptors (Lipinski definition) is 10. The minimum atomic E-state index is -0.902. The van der Waals surface area contributed by atoms with E-state index in [9.17, 15) is 14.4 Å². The predicted molar refractivity (Wildman–Crippen MR) is 102 cm³/mol. The van der Waals surface area contributed by atoms with E-state index in [1.165, 1.54) is 0 Å². The molecule has 8 nitrogen and oxygen atoms in total. The molecular weight excluding hydrogens is 382 g/mol. The molecule has 10 heteroatoms. The van der Waals surface area contributed by atoms with Gasteiger partial charge in [-0.25, -0.2) is 0 Å². The summed E-state index contributed by atoms with van der Waals surface area (Å²) in [6, 6.07) is 0. The first-order valence-corrected chi connectivity index (χ1v) is 9.30. The second-order valence-corrected chi connectivity index (χ2v) is 6.46. The van der Waals surface area contributed by atoms with Crippen molar-refractivity contribution < 1.29 is 33.3 Å². The van der Waals surface area contributed by atoms with Crippen molar-refractivity contribution in [3.05, 3.63) is 0 Å². The van der Waals surface area contributed by atoms with Crippen molar-refractivity contribution in [2.45, 2.75) is 63.2 Å². The van der Waals surface area contributed by atoms with Gasteiger partial charge in [0.2, 0.25) is 0 Å². The Balaban J connectivity index is 4.28. The van der Waals surface area contributed by atoms with Crippen LogP contribution in [0.5, 0.6) is 0 Å². The monoisotopic (exact) mass is 409 g/mol. The van der Waals surface area contributed by atoms with Crippen LogP contribution in [0.25, 0.3) is 0 Å². The van der Waals surface area contributed by atoms with Gasteiger partial charge in [-0.2, -0.15) is 25.3 Å². The molecule has 0 aliphatic heterocycles. The number of ether oxygens (including phenoxy) is 4. The van der Waals surface area contributed by atoms with E-state index in [0.717, 1.165) is 0 Å². The number of rotatable bonds is 11. The van der Waals surface area contributed by atoms with Gasteiger partial charge in [-0.3, -0.25) is 19.8 Å². The summed E-state index contributed by atoms with van der Waals surface area (Å²) in [5.41, 5.74) is 0. The standard InChI is InChI=1S/C16H27NO7S2/c1-5-21-9(3)13(25)15(19)23-11(17)7-8-12(18)24-16(20)14(26)10(4)22-6-2/h9-10,13-14,17,25-26H,5-8H2,1-4H3/t9?,10?,13-,14-/m0/s1. The van der Waals surface area contributed by atoms with Crippen molar-refractivity contribution in [3.63, 3.8) is 0 Å². The maximum Gasteiger partial charge on any atom is 0.329 e. The smallest absolute Gasteiger partial charge is 0.329 e. The molecule has 0 fully saturated rings. The van der Waals surface area contributed by atoms with E-state index in [1.807, 2.05) is 0 Å². The van der Waals surface area contributed by atoms with Gasteiger partial charge in [-0.15, -0.1) is 0 Å². The lowest BCUT2D eigenvalue weighted by Crippen LogP contribution is -2.33. The summed E-state index contributed by atoms with van der Waals surface area (Å²) < 4.78 is 19.9. The van der Waals surface area contributed by atoms with Crippen LogP contribution < -0.4 is 0 Å². The van der Waals surface area contributed by atoms with Crippen LogP contribution >= 0.6 is 25.3 Å². The predicted octanol–water partition coefficient (Wildman–Crippen LogP) is 1.80. The maximum atomic E-state index is 11.8. The SMILES string of the molecule is CCOC(C)[C@H](S)C(=O)OC(=N)CCC(=O)OC(=O)[C@@H](S)C(C)OCC. The van der Waals surface area contributed by atoms with Crippen molar-refractivity contribution in [2.24, 2.45) is 0 Å². The van der Waals surface area contributed by atoms with Crippen LogP contribution in [0.2, 0.25) is 0 Å². The van der Waals surface area contributed by atoms with E-state index in [-0.39, 0.29) is 12.8 Å². The molecule has 0 aromatic heterocycles. The lowest BCUT2D eigenvalue weighted by atomic mass is 10.2. The Bertz CT molecular complexity index is 457. The van der Waals surface area contributed by atoms with Crippen molar-refractivity contribution in [3.8, 4) is 0 Å². The van der Waals surface area contributed by atoms with E-state index in [1.54, 1.807) is 27.7 Å². The zero-order valence-corrected chi connectivity index (χ0v) is 17.2. The minimum Gasteiger partial charge on any atom is -0.411 e. The molecule has 0 amide bonds. The number of esters is 3. The van der Waals surface area contributed by atoms with Crippen molar-refractivity contribution in [1.82, 2.24) is 0 Å². The van der Waals surface area contributed by atoms with Crippen molar-refractivity contribution in [1.29, 1.82) is 5.41 Å². The lowest BCUT2D eigenvalue weighted by Gasteiger charge is -2.18. The molecule has 0 saturated carbocycles. The number of nitrogens with one attached hydrogen (secondary N) is 1. The van der Waals surface area contributed by atoms with E-state index in [4.69, 9.17) is 19.6 Å². The molecule has 0 aliphatic rings. The summed E-state index contributed by atoms with van der Waals surface area (Å²) in [6.07, 6.45) is -1.48. The van der Waals surface area contributed by atoms with Crippen molar-refractivity contribution in [2.75, 3.05) is 13.2 Å². The maximum absolute atomic E-state index is 11.8. The summed E-state index contributed by atoms with van der Waals surface area (Å²) in [5.74, 6) is -2.84. The highest BCUT2D eigenvalue weighted by Gasteiger charge is 2.27. The van der Waals surface area contributed by atoms with Gasteiger partial charge in [0.05, 0.1) is 18.6 Å². The quantitative estimate of drug-likeness (QED) is 0.157. The molecule has 0 aromatic carbocycles. The molecular formula is C16H27NO7S2. The molecule has 0 heterocycles. The van der Waals surface area contributed by atoms with Crippen LogP contribution in [-0.2, 0) is 33.3 Å². The molecule has 150 valence electrons. The zero-order chi connectivity index (χ0) is 20.3. The molecule has 0 aliphatic carbocycles. The number of hydrogen-bond donors (Lipinski definition) is 3. The number of thiol groups is 2. The molecule has 0 rings (SSSR count). The van der Waals surface area contributed by atoms with Crippen LogP contribution in [0.1, 0.15) is 40.5 Å². The highest BCUT2D eigenvalue weighted by atomic mass is 32.1. The second-order valence-electron chi connectivity index (χ2n) is 5.35. The summed E-state index contributed by atoms with van der Waals surface area (Å²) in [4.78, 5) is 35.2. The topological polar surface area (TPSA) is 112 Å². The van der Waals surface area contributed by atoms with E-state index in [0.29, 0.717) is 13.2 Å². The molecule has 2 unspecified atom stereocenters. The lowest BCUT2D eigenvalue weighted by molar-refractivity contribution is -0.160. The number of carbonyl (C=O) groups is 3. The highest BCUT2D eigenvalue weighted by Crippen LogP contribution is 2.11. The largest absolute Gasteiger partial charge is 0.411 e. The van der Waals surface area contributed by atoms with Gasteiger partial charge in [0.25, 0.3) is 0 Å². The van der Waals surface area contributed by atoms with Crippen LogP contribution in [0.15, 0.2) is 0 Å². The Morgan fingerprint density at radius 1 is 0.846 bits per heavy atom. The average molecular weight is 410 g/mol. The fraction of sp³-hybridized carbons (Fsp3) is 0.750. The van der Waals surface area contributed by atoms with Crippen LogP contribution in [-0.4, -0.2) is 59.7 Å². The van der Waals surface area contributed by atoms with Gasteiger partial charge in [0, 0.05) is 19.6 Å². The molecule has 26 heavy (non-hydrogen) atoms. The van der Waals surface area contributed by atoms with Gasteiger partial charge in [0.1, 0.15) is 10.5 Å². The second kappa shape index (κ2) is 13.1. The fourth-order valence-corrected chi connectivity index (χ4v) is 2.04. The first kappa shape index (κ1) is 24.9. The van der Waals surface area contributed by atoms with Gasteiger partial charge in [0.15, 0.2) is 5.90 Å². The molecule has 0 aromatic rings. The van der Waals surface area contributed by atoms with Gasteiger partial charge in [-0.1, -0.05) is 0 Å². The number of carbonyl (C=O) groups excluding carboxylic acids is 3. The van der Waals surface area contributed by atoms with Gasteiger partial charge in [-0.05, 0) is 27.7 Å². The van der Waals surface area contributed by atoms with Crippen LogP contribution in [0, 0.1) is 5.41 Å². The first-order valence-electron chi connectivity index (χ1n) is 8.26. The zero-order valence-electron chi connectivity index (χ0n) is 15.4. The highest BCUT2D eigenvalue weighted by molar-refractivity contribution is 7.82. The third kappa shape index (κ3) is 9.56. The summed E-state index contributed by atoms with van der Waals surface area (Å²) in [6.45, 7) is 7.66. The Labute approximate surface area is 164 Å². The van der Waals surface area contributed by atoms with Gasteiger partial charge < -0.3 is 18.9 Å². The van der Waals surface area contributed by atoms with E-state index in [2.05, 4.69) is 30.0 Å².